The molecule has 2 heterocycles. The van der Waals surface area contributed by atoms with Crippen LogP contribution in [0.3, 0.4) is 0 Å². The summed E-state index contributed by atoms with van der Waals surface area (Å²) in [6.45, 7) is 6.58. The van der Waals surface area contributed by atoms with Gasteiger partial charge >= 0.3 is 0 Å². The Hall–Kier alpha value is -2.18. The van der Waals surface area contributed by atoms with Crippen LogP contribution in [0.5, 0.6) is 0 Å². The van der Waals surface area contributed by atoms with Gasteiger partial charge in [0.15, 0.2) is 6.54 Å². The maximum atomic E-state index is 13.1. The van der Waals surface area contributed by atoms with Gasteiger partial charge < -0.3 is 19.5 Å². The molecule has 2 atom stereocenters. The molecule has 1 aliphatic heterocycles. The molecule has 25 heavy (non-hydrogen) atoms. The zero-order valence-electron chi connectivity index (χ0n) is 15.1. The van der Waals surface area contributed by atoms with Gasteiger partial charge in [0.2, 0.25) is 5.78 Å². The number of quaternary nitrogens is 1. The topological polar surface area (TPSA) is 66.8 Å². The van der Waals surface area contributed by atoms with Crippen molar-refractivity contribution in [3.05, 3.63) is 35.5 Å². The predicted molar refractivity (Wildman–Crippen MR) is 96.0 cm³/mol. The van der Waals surface area contributed by atoms with E-state index in [9.17, 15) is 9.59 Å². The fraction of sp³-hybridized carbons (Fsp3) is 0.474. The van der Waals surface area contributed by atoms with Crippen LogP contribution in [0.25, 0.3) is 10.9 Å². The van der Waals surface area contributed by atoms with Crippen molar-refractivity contribution in [3.8, 4) is 0 Å². The number of nitrogens with one attached hydrogen (secondary N) is 2. The number of ether oxygens (including phenoxy) is 1. The van der Waals surface area contributed by atoms with Crippen molar-refractivity contribution in [3.63, 3.8) is 0 Å². The summed E-state index contributed by atoms with van der Waals surface area (Å²) in [4.78, 5) is 31.5. The number of fused-ring (bicyclic) bond motifs is 1. The largest absolute Gasteiger partial charge is 0.378 e. The third-order valence-corrected chi connectivity index (χ3v) is 5.07. The molecule has 0 saturated carbocycles. The summed E-state index contributed by atoms with van der Waals surface area (Å²) in [6, 6.07) is 7.54. The SMILES string of the molecule is Cc1[nH]c2ccccc2c1C(=O)[C@@H](C)[NH+](C)CC(=O)N1CCOCC1. The van der Waals surface area contributed by atoms with Crippen LogP contribution in [0.4, 0.5) is 0 Å². The maximum absolute atomic E-state index is 13.1. The molecular formula is C19H26N3O3+. The van der Waals surface area contributed by atoms with Gasteiger partial charge in [0, 0.05) is 29.7 Å². The monoisotopic (exact) mass is 344 g/mol. The number of aryl methyl sites for hydroxylation is 1. The second-order valence-corrected chi connectivity index (χ2v) is 6.77. The van der Waals surface area contributed by atoms with E-state index >= 15 is 0 Å². The van der Waals surface area contributed by atoms with Crippen LogP contribution in [0.15, 0.2) is 24.3 Å². The van der Waals surface area contributed by atoms with E-state index in [1.54, 1.807) is 0 Å². The smallest absolute Gasteiger partial charge is 0.277 e. The van der Waals surface area contributed by atoms with Gasteiger partial charge in [-0.15, -0.1) is 0 Å². The van der Waals surface area contributed by atoms with Crippen molar-refractivity contribution < 1.29 is 19.2 Å². The fourth-order valence-corrected chi connectivity index (χ4v) is 3.35. The number of rotatable bonds is 5. The van der Waals surface area contributed by atoms with E-state index in [2.05, 4.69) is 4.98 Å². The quantitative estimate of drug-likeness (QED) is 0.773. The van der Waals surface area contributed by atoms with Gasteiger partial charge in [0.1, 0.15) is 6.04 Å². The van der Waals surface area contributed by atoms with Gasteiger partial charge in [-0.1, -0.05) is 18.2 Å². The van der Waals surface area contributed by atoms with E-state index < -0.39 is 0 Å². The summed E-state index contributed by atoms with van der Waals surface area (Å²) >= 11 is 0. The summed E-state index contributed by atoms with van der Waals surface area (Å²) < 4.78 is 5.29. The standard InChI is InChI=1S/C19H25N3O3/c1-13-18(15-6-4-5-7-16(15)20-13)19(24)14(2)21(3)12-17(23)22-8-10-25-11-9-22/h4-7,14,20H,8-12H2,1-3H3/p+1/t14-/m1/s1. The number of likely N-dealkylation sites (N-methyl/N-ethyl adjacent to an activating group) is 1. The van der Waals surface area contributed by atoms with Crippen LogP contribution in [0, 0.1) is 6.92 Å². The van der Waals surface area contributed by atoms with Crippen molar-refractivity contribution in [1.82, 2.24) is 9.88 Å². The number of morpholine rings is 1. The number of carbonyl (C=O) groups is 2. The molecule has 1 aromatic carbocycles. The summed E-state index contributed by atoms with van der Waals surface area (Å²) in [5.41, 5.74) is 2.59. The Labute approximate surface area is 147 Å². The second-order valence-electron chi connectivity index (χ2n) is 6.77. The lowest BCUT2D eigenvalue weighted by molar-refractivity contribution is -0.885. The van der Waals surface area contributed by atoms with Crippen molar-refractivity contribution in [2.45, 2.75) is 19.9 Å². The molecule has 2 N–H and O–H groups in total. The Morgan fingerprint density at radius 3 is 2.68 bits per heavy atom. The number of ketones is 1. The molecule has 3 rings (SSSR count). The van der Waals surface area contributed by atoms with Crippen molar-refractivity contribution in [1.29, 1.82) is 0 Å². The van der Waals surface area contributed by atoms with Gasteiger partial charge in [-0.25, -0.2) is 0 Å². The molecule has 1 unspecified atom stereocenters. The highest BCUT2D eigenvalue weighted by Gasteiger charge is 2.30. The minimum Gasteiger partial charge on any atom is -0.378 e. The molecule has 6 nitrogen and oxygen atoms in total. The fourth-order valence-electron chi connectivity index (χ4n) is 3.35. The molecule has 0 radical (unpaired) electrons. The van der Waals surface area contributed by atoms with Gasteiger partial charge in [-0.3, -0.25) is 9.59 Å². The van der Waals surface area contributed by atoms with E-state index in [4.69, 9.17) is 4.74 Å². The zero-order chi connectivity index (χ0) is 18.0. The van der Waals surface area contributed by atoms with Gasteiger partial charge in [0.05, 0.1) is 25.8 Å². The summed E-state index contributed by atoms with van der Waals surface area (Å²) in [5.74, 6) is 0.151. The van der Waals surface area contributed by atoms with E-state index in [0.29, 0.717) is 32.8 Å². The Morgan fingerprint density at radius 1 is 1.28 bits per heavy atom. The molecule has 0 aliphatic carbocycles. The first-order valence-corrected chi connectivity index (χ1v) is 8.78. The minimum atomic E-state index is -0.289. The summed E-state index contributed by atoms with van der Waals surface area (Å²) in [7, 11) is 1.91. The number of hydrogen-bond donors (Lipinski definition) is 2. The van der Waals surface area contributed by atoms with Gasteiger partial charge in [0.25, 0.3) is 5.91 Å². The van der Waals surface area contributed by atoms with Crippen LogP contribution in [-0.4, -0.2) is 67.5 Å². The van der Waals surface area contributed by atoms with Crippen LogP contribution in [-0.2, 0) is 9.53 Å². The Bertz CT molecular complexity index is 777. The number of amides is 1. The van der Waals surface area contributed by atoms with Crippen LogP contribution >= 0.6 is 0 Å². The highest BCUT2D eigenvalue weighted by Crippen LogP contribution is 2.22. The number of hydrogen-bond acceptors (Lipinski definition) is 3. The number of carbonyl (C=O) groups excluding carboxylic acids is 2. The Morgan fingerprint density at radius 2 is 1.96 bits per heavy atom. The molecule has 6 heteroatoms. The number of para-hydroxylation sites is 1. The second kappa shape index (κ2) is 7.37. The highest BCUT2D eigenvalue weighted by atomic mass is 16.5. The molecule has 1 fully saturated rings. The third kappa shape index (κ3) is 3.60. The van der Waals surface area contributed by atoms with Crippen LogP contribution in [0.2, 0.25) is 0 Å². The van der Waals surface area contributed by atoms with E-state index in [1.807, 2.05) is 50.1 Å². The molecule has 1 aliphatic rings. The van der Waals surface area contributed by atoms with Crippen molar-refractivity contribution in [2.75, 3.05) is 39.9 Å². The summed E-state index contributed by atoms with van der Waals surface area (Å²) in [5, 5.41) is 0.948. The van der Waals surface area contributed by atoms with Crippen LogP contribution in [0.1, 0.15) is 23.0 Å². The van der Waals surface area contributed by atoms with E-state index in [0.717, 1.165) is 27.1 Å². The molecule has 0 spiro atoms. The molecular weight excluding hydrogens is 318 g/mol. The lowest BCUT2D eigenvalue weighted by Crippen LogP contribution is -3.14. The lowest BCUT2D eigenvalue weighted by Gasteiger charge is -2.28. The highest BCUT2D eigenvalue weighted by molar-refractivity contribution is 6.10. The first-order valence-electron chi connectivity index (χ1n) is 8.78. The summed E-state index contributed by atoms with van der Waals surface area (Å²) in [6.07, 6.45) is 0. The van der Waals surface area contributed by atoms with Crippen LogP contribution < -0.4 is 4.90 Å². The average Bonchev–Trinajstić information content (AvgIpc) is 2.96. The van der Waals surface area contributed by atoms with Gasteiger partial charge in [-0.2, -0.15) is 0 Å². The van der Waals surface area contributed by atoms with Crippen molar-refractivity contribution in [2.24, 2.45) is 0 Å². The molecule has 0 bridgehead atoms. The Kier molecular flexibility index (Phi) is 5.20. The van der Waals surface area contributed by atoms with E-state index in [-0.39, 0.29) is 17.7 Å². The zero-order valence-corrected chi connectivity index (χ0v) is 15.1. The lowest BCUT2D eigenvalue weighted by atomic mass is 10.0. The Balaban J connectivity index is 1.72. The number of nitrogens with zero attached hydrogens (tertiary/aromatic N) is 1. The molecule has 1 aromatic heterocycles. The minimum absolute atomic E-state index is 0.0715. The van der Waals surface area contributed by atoms with E-state index in [1.165, 1.54) is 0 Å². The first kappa shape index (κ1) is 17.6. The molecule has 2 aromatic rings. The molecule has 1 saturated heterocycles. The third-order valence-electron chi connectivity index (χ3n) is 5.07. The number of H-pyrrole nitrogens is 1. The van der Waals surface area contributed by atoms with Gasteiger partial charge in [-0.05, 0) is 19.9 Å². The average molecular weight is 344 g/mol. The van der Waals surface area contributed by atoms with Crippen molar-refractivity contribution >= 4 is 22.6 Å². The maximum Gasteiger partial charge on any atom is 0.277 e. The number of aromatic nitrogens is 1. The number of benzene rings is 1. The number of Topliss-reactive ketones (excluding diaryl/α,β-unsaturated/α-hetero) is 1. The predicted octanol–water partition coefficient (Wildman–Crippen LogP) is 0.421. The number of aromatic amines is 1. The molecule has 134 valence electrons. The normalized spacial score (nSPS) is 17.5. The first-order chi connectivity index (χ1) is 12.0. The molecule has 1 amide bonds.